The molecule has 0 bridgehead atoms. The maximum atomic E-state index is 13.7. The first kappa shape index (κ1) is 21.9. The molecule has 5 rings (SSSR count). The predicted octanol–water partition coefficient (Wildman–Crippen LogP) is 7.20. The third-order valence-electron chi connectivity index (χ3n) is 6.85. The molecule has 0 unspecified atom stereocenters. The number of hydrogen-bond donors (Lipinski definition) is 0. The lowest BCUT2D eigenvalue weighted by molar-refractivity contribution is -0.00594. The highest BCUT2D eigenvalue weighted by Crippen LogP contribution is 2.42. The Morgan fingerprint density at radius 1 is 0.848 bits per heavy atom. The van der Waals surface area contributed by atoms with Gasteiger partial charge in [-0.25, -0.2) is 10.0 Å². The molecule has 1 amide bonds. The van der Waals surface area contributed by atoms with Gasteiger partial charge in [-0.05, 0) is 59.7 Å². The van der Waals surface area contributed by atoms with Gasteiger partial charge < -0.3 is 0 Å². The smallest absolute Gasteiger partial charge is 0.267 e. The van der Waals surface area contributed by atoms with Crippen LogP contribution in [-0.4, -0.2) is 22.0 Å². The van der Waals surface area contributed by atoms with Crippen LogP contribution in [0.1, 0.15) is 53.6 Å². The normalized spacial score (nSPS) is 19.5. The number of nitrogens with zero attached hydrogens (tertiary/aromatic N) is 2. The van der Waals surface area contributed by atoms with Crippen molar-refractivity contribution in [3.63, 3.8) is 0 Å². The van der Waals surface area contributed by atoms with Crippen LogP contribution in [0.25, 0.3) is 5.57 Å². The van der Waals surface area contributed by atoms with Crippen molar-refractivity contribution >= 4 is 23.1 Å². The van der Waals surface area contributed by atoms with Gasteiger partial charge in [0.2, 0.25) is 0 Å². The molecular formula is C29H29ClN2O. The summed E-state index contributed by atoms with van der Waals surface area (Å²) in [4.78, 5) is 13.7. The number of rotatable bonds is 5. The lowest BCUT2D eigenvalue weighted by Crippen LogP contribution is -2.47. The molecular weight excluding hydrogens is 428 g/mol. The predicted molar refractivity (Wildman–Crippen MR) is 134 cm³/mol. The molecule has 0 N–H and O–H groups in total. The summed E-state index contributed by atoms with van der Waals surface area (Å²) < 4.78 is 0. The summed E-state index contributed by atoms with van der Waals surface area (Å²) in [5.41, 5.74) is 4.18. The third-order valence-corrected chi connectivity index (χ3v) is 7.08. The largest absolute Gasteiger partial charge is 0.272 e. The van der Waals surface area contributed by atoms with E-state index < -0.39 is 0 Å². The van der Waals surface area contributed by atoms with Crippen molar-refractivity contribution in [2.24, 2.45) is 5.92 Å². The quantitative estimate of drug-likeness (QED) is 0.405. The van der Waals surface area contributed by atoms with Gasteiger partial charge in [-0.15, -0.1) is 0 Å². The highest BCUT2D eigenvalue weighted by Gasteiger charge is 2.41. The number of carbonyl (C=O) groups excluding carboxylic acids is 1. The van der Waals surface area contributed by atoms with E-state index in [0.717, 1.165) is 10.6 Å². The molecule has 4 heteroatoms. The first-order chi connectivity index (χ1) is 16.2. The molecule has 0 radical (unpaired) electrons. The molecule has 33 heavy (non-hydrogen) atoms. The highest BCUT2D eigenvalue weighted by molar-refractivity contribution is 6.30. The zero-order chi connectivity index (χ0) is 22.6. The second-order valence-corrected chi connectivity index (χ2v) is 9.47. The summed E-state index contributed by atoms with van der Waals surface area (Å²) in [7, 11) is 0. The van der Waals surface area contributed by atoms with Crippen LogP contribution in [0, 0.1) is 5.92 Å². The van der Waals surface area contributed by atoms with E-state index in [-0.39, 0.29) is 11.9 Å². The average molecular weight is 457 g/mol. The van der Waals surface area contributed by atoms with Crippen LogP contribution in [0.15, 0.2) is 91.1 Å². The summed E-state index contributed by atoms with van der Waals surface area (Å²) in [5, 5.41) is 4.87. The van der Waals surface area contributed by atoms with Crippen LogP contribution in [0.5, 0.6) is 0 Å². The first-order valence-corrected chi connectivity index (χ1v) is 12.3. The molecule has 168 valence electrons. The zero-order valence-electron chi connectivity index (χ0n) is 18.7. The van der Waals surface area contributed by atoms with Crippen molar-refractivity contribution in [1.82, 2.24) is 10.0 Å². The molecule has 2 aliphatic rings. The fraction of sp³-hybridized carbons (Fsp3) is 0.276. The summed E-state index contributed by atoms with van der Waals surface area (Å²) in [6.45, 7) is 0.682. The Labute approximate surface area is 201 Å². The molecule has 1 saturated carbocycles. The van der Waals surface area contributed by atoms with Crippen molar-refractivity contribution in [2.75, 3.05) is 0 Å². The lowest BCUT2D eigenvalue weighted by Gasteiger charge is -2.39. The molecule has 1 atom stereocenters. The summed E-state index contributed by atoms with van der Waals surface area (Å²) in [5.74, 6) is 0.505. The minimum Gasteiger partial charge on any atom is -0.267 e. The van der Waals surface area contributed by atoms with Crippen LogP contribution >= 0.6 is 11.6 Å². The molecule has 0 aromatic heterocycles. The number of benzene rings is 3. The monoisotopic (exact) mass is 456 g/mol. The molecule has 0 spiro atoms. The van der Waals surface area contributed by atoms with Gasteiger partial charge in [0.05, 0.1) is 6.04 Å². The second-order valence-electron chi connectivity index (χ2n) is 9.04. The van der Waals surface area contributed by atoms with E-state index in [1.54, 1.807) is 0 Å². The van der Waals surface area contributed by atoms with Gasteiger partial charge in [0.25, 0.3) is 5.91 Å². The van der Waals surface area contributed by atoms with E-state index in [2.05, 4.69) is 41.5 Å². The summed E-state index contributed by atoms with van der Waals surface area (Å²) >= 11 is 6.40. The topological polar surface area (TPSA) is 23.6 Å². The van der Waals surface area contributed by atoms with Crippen molar-refractivity contribution in [3.8, 4) is 0 Å². The van der Waals surface area contributed by atoms with E-state index in [1.165, 1.54) is 43.2 Å². The lowest BCUT2D eigenvalue weighted by atomic mass is 9.79. The number of carbonyl (C=O) groups is 1. The van der Waals surface area contributed by atoms with E-state index in [1.807, 2.05) is 59.6 Å². The number of hydrogen-bond acceptors (Lipinski definition) is 2. The highest BCUT2D eigenvalue weighted by atomic mass is 35.5. The molecule has 0 saturated heterocycles. The Morgan fingerprint density at radius 2 is 1.55 bits per heavy atom. The standard InChI is InChI=1S/C29H29ClN2O/c30-26-18-10-17-25(19-26)27-21-32(29(33)24-15-8-3-9-16-24)31(20-22-11-4-1-5-12-22)28(27)23-13-6-2-7-14-23/h1,3-5,8-12,15-19,21,23,28H,2,6-7,13-14,20H2/t28-/m1/s1. The van der Waals surface area contributed by atoms with Gasteiger partial charge in [0, 0.05) is 23.3 Å². The first-order valence-electron chi connectivity index (χ1n) is 11.9. The fourth-order valence-corrected chi connectivity index (χ4v) is 5.46. The van der Waals surface area contributed by atoms with Crippen LogP contribution in [0.3, 0.4) is 0 Å². The Bertz CT molecular complexity index is 1120. The number of hydrazine groups is 1. The van der Waals surface area contributed by atoms with Gasteiger partial charge in [-0.2, -0.15) is 0 Å². The van der Waals surface area contributed by atoms with Crippen LogP contribution in [0.2, 0.25) is 5.02 Å². The van der Waals surface area contributed by atoms with Gasteiger partial charge in [-0.1, -0.05) is 91.5 Å². The van der Waals surface area contributed by atoms with E-state index in [0.29, 0.717) is 18.0 Å². The molecule has 3 aromatic carbocycles. The van der Waals surface area contributed by atoms with E-state index in [9.17, 15) is 4.79 Å². The Morgan fingerprint density at radius 3 is 2.24 bits per heavy atom. The van der Waals surface area contributed by atoms with Gasteiger partial charge in [-0.3, -0.25) is 4.79 Å². The number of amides is 1. The molecule has 1 aliphatic heterocycles. The van der Waals surface area contributed by atoms with Gasteiger partial charge in [0.1, 0.15) is 0 Å². The molecule has 3 aromatic rings. The zero-order valence-corrected chi connectivity index (χ0v) is 19.5. The van der Waals surface area contributed by atoms with Crippen LogP contribution in [-0.2, 0) is 6.54 Å². The van der Waals surface area contributed by atoms with Crippen molar-refractivity contribution in [1.29, 1.82) is 0 Å². The third kappa shape index (κ3) is 4.75. The Balaban J connectivity index is 1.59. The van der Waals surface area contributed by atoms with Crippen molar-refractivity contribution in [2.45, 2.75) is 44.7 Å². The fourth-order valence-electron chi connectivity index (χ4n) is 5.27. The van der Waals surface area contributed by atoms with Gasteiger partial charge in [0.15, 0.2) is 0 Å². The minimum atomic E-state index is 0.00405. The molecule has 1 heterocycles. The molecule has 3 nitrogen and oxygen atoms in total. The van der Waals surface area contributed by atoms with Crippen LogP contribution in [0.4, 0.5) is 0 Å². The SMILES string of the molecule is O=C(c1ccccc1)N1C=C(c2cccc(Cl)c2)[C@@H](C2CCCCC2)N1Cc1ccccc1. The minimum absolute atomic E-state index is 0.00405. The van der Waals surface area contributed by atoms with Gasteiger partial charge >= 0.3 is 0 Å². The Kier molecular flexibility index (Phi) is 6.61. The number of halogens is 1. The Hall–Kier alpha value is -2.88. The molecule has 1 fully saturated rings. The maximum absolute atomic E-state index is 13.7. The molecule has 1 aliphatic carbocycles. The average Bonchev–Trinajstić information content (AvgIpc) is 3.24. The van der Waals surface area contributed by atoms with E-state index in [4.69, 9.17) is 11.6 Å². The van der Waals surface area contributed by atoms with Crippen molar-refractivity contribution < 1.29 is 4.79 Å². The summed E-state index contributed by atoms with van der Waals surface area (Å²) in [6, 6.07) is 28.2. The van der Waals surface area contributed by atoms with E-state index >= 15 is 0 Å². The van der Waals surface area contributed by atoms with Crippen LogP contribution < -0.4 is 0 Å². The summed E-state index contributed by atoms with van der Waals surface area (Å²) in [6.07, 6.45) is 8.21. The van der Waals surface area contributed by atoms with Crippen molar-refractivity contribution in [3.05, 3.63) is 113 Å². The maximum Gasteiger partial charge on any atom is 0.272 e. The second kappa shape index (κ2) is 9.94.